The van der Waals surface area contributed by atoms with Crippen molar-refractivity contribution in [3.8, 4) is 0 Å². The summed E-state index contributed by atoms with van der Waals surface area (Å²) in [6.45, 7) is 2.02. The van der Waals surface area contributed by atoms with Crippen LogP contribution in [0.5, 0.6) is 0 Å². The predicted molar refractivity (Wildman–Crippen MR) is 51.6 cm³/mol. The molecule has 1 rings (SSSR count). The first-order chi connectivity index (χ1) is 6.67. The van der Waals surface area contributed by atoms with Crippen LogP contribution in [-0.4, -0.2) is 50.1 Å². The molecule has 0 aliphatic carbocycles. The highest BCUT2D eigenvalue weighted by atomic mass is 16.2. The molecule has 0 aromatic carbocycles. The van der Waals surface area contributed by atoms with Gasteiger partial charge >= 0.3 is 6.03 Å². The van der Waals surface area contributed by atoms with Gasteiger partial charge in [0.05, 0.1) is 6.54 Å². The maximum atomic E-state index is 11.0. The Labute approximate surface area is 82.8 Å². The van der Waals surface area contributed by atoms with Gasteiger partial charge in [0, 0.05) is 32.6 Å². The summed E-state index contributed by atoms with van der Waals surface area (Å²) >= 11 is 0. The van der Waals surface area contributed by atoms with Crippen LogP contribution >= 0.6 is 0 Å². The minimum Gasteiger partial charge on any atom is -0.355 e. The second-order valence-corrected chi connectivity index (χ2v) is 3.33. The topological polar surface area (TPSA) is 87.5 Å². The summed E-state index contributed by atoms with van der Waals surface area (Å²) in [5.74, 6) is 0.214. The molecule has 80 valence electrons. The zero-order chi connectivity index (χ0) is 10.6. The lowest BCUT2D eigenvalue weighted by atomic mass is 10.0. The smallest absolute Gasteiger partial charge is 0.317 e. The molecule has 1 fully saturated rings. The number of carbonyl (C=O) groups is 2. The average molecular weight is 200 g/mol. The third-order valence-electron chi connectivity index (χ3n) is 2.23. The Morgan fingerprint density at radius 1 is 1.50 bits per heavy atom. The summed E-state index contributed by atoms with van der Waals surface area (Å²) < 4.78 is 0. The number of amides is 3. The monoisotopic (exact) mass is 200 g/mol. The van der Waals surface area contributed by atoms with E-state index in [1.807, 2.05) is 0 Å². The normalized spacial score (nSPS) is 16.0. The van der Waals surface area contributed by atoms with Crippen LogP contribution in [0.15, 0.2) is 0 Å². The number of hydrogen-bond acceptors (Lipinski definition) is 3. The number of carbonyl (C=O) groups excluding carboxylic acids is 2. The fourth-order valence-electron chi connectivity index (χ4n) is 1.35. The zero-order valence-corrected chi connectivity index (χ0v) is 8.25. The van der Waals surface area contributed by atoms with Crippen LogP contribution in [0.3, 0.4) is 0 Å². The summed E-state index contributed by atoms with van der Waals surface area (Å²) in [4.78, 5) is 23.5. The van der Waals surface area contributed by atoms with Gasteiger partial charge in [-0.1, -0.05) is 0 Å². The minimum absolute atomic E-state index is 0.0197. The molecule has 0 atom stereocenters. The van der Waals surface area contributed by atoms with Crippen LogP contribution in [0.4, 0.5) is 4.79 Å². The van der Waals surface area contributed by atoms with Crippen molar-refractivity contribution >= 4 is 11.9 Å². The molecule has 1 heterocycles. The van der Waals surface area contributed by atoms with Crippen LogP contribution in [0, 0.1) is 5.92 Å². The van der Waals surface area contributed by atoms with E-state index in [4.69, 9.17) is 5.73 Å². The van der Waals surface area contributed by atoms with Crippen LogP contribution < -0.4 is 16.4 Å². The fraction of sp³-hybridized carbons (Fsp3) is 0.750. The highest BCUT2D eigenvalue weighted by Crippen LogP contribution is 2.13. The maximum Gasteiger partial charge on any atom is 0.317 e. The van der Waals surface area contributed by atoms with Crippen LogP contribution in [0.1, 0.15) is 0 Å². The van der Waals surface area contributed by atoms with Gasteiger partial charge in [-0.25, -0.2) is 4.79 Å². The second-order valence-electron chi connectivity index (χ2n) is 3.33. The van der Waals surface area contributed by atoms with E-state index in [2.05, 4.69) is 10.6 Å². The third kappa shape index (κ3) is 2.59. The van der Waals surface area contributed by atoms with Gasteiger partial charge in [0.25, 0.3) is 0 Å². The number of nitrogens with zero attached hydrogens (tertiary/aromatic N) is 1. The fourth-order valence-corrected chi connectivity index (χ4v) is 1.35. The lowest BCUT2D eigenvalue weighted by molar-refractivity contribution is -0.120. The summed E-state index contributed by atoms with van der Waals surface area (Å²) in [6, 6.07) is -0.0635. The average Bonchev–Trinajstić information content (AvgIpc) is 2.14. The Balaban J connectivity index is 2.10. The predicted octanol–water partition coefficient (Wildman–Crippen LogP) is -1.67. The van der Waals surface area contributed by atoms with Gasteiger partial charge in [-0.2, -0.15) is 0 Å². The van der Waals surface area contributed by atoms with E-state index in [9.17, 15) is 9.59 Å². The van der Waals surface area contributed by atoms with Gasteiger partial charge in [-0.05, 0) is 0 Å². The van der Waals surface area contributed by atoms with Crippen molar-refractivity contribution in [2.45, 2.75) is 0 Å². The van der Waals surface area contributed by atoms with E-state index in [0.29, 0.717) is 25.6 Å². The summed E-state index contributed by atoms with van der Waals surface area (Å²) in [6.07, 6.45) is 0. The molecule has 0 saturated carbocycles. The van der Waals surface area contributed by atoms with Gasteiger partial charge < -0.3 is 21.3 Å². The molecule has 14 heavy (non-hydrogen) atoms. The highest BCUT2D eigenvalue weighted by Gasteiger charge is 2.29. The van der Waals surface area contributed by atoms with Crippen LogP contribution in [0.25, 0.3) is 0 Å². The Bertz CT molecular complexity index is 223. The van der Waals surface area contributed by atoms with E-state index in [1.54, 1.807) is 11.9 Å². The first kappa shape index (κ1) is 10.8. The molecular formula is C8H16N4O2. The quantitative estimate of drug-likeness (QED) is 0.509. The highest BCUT2D eigenvalue weighted by molar-refractivity contribution is 5.78. The first-order valence-electron chi connectivity index (χ1n) is 4.60. The number of rotatable bonds is 3. The molecule has 1 saturated heterocycles. The van der Waals surface area contributed by atoms with E-state index in [-0.39, 0.29) is 18.5 Å². The third-order valence-corrected chi connectivity index (χ3v) is 2.23. The molecule has 1 aliphatic rings. The molecular weight excluding hydrogens is 184 g/mol. The van der Waals surface area contributed by atoms with E-state index in [1.165, 1.54) is 0 Å². The summed E-state index contributed by atoms with van der Waals surface area (Å²) in [5.41, 5.74) is 5.13. The summed E-state index contributed by atoms with van der Waals surface area (Å²) in [7, 11) is 1.60. The number of nitrogens with two attached hydrogens (primary N) is 1. The Morgan fingerprint density at radius 2 is 2.14 bits per heavy atom. The Morgan fingerprint density at radius 3 is 2.64 bits per heavy atom. The first-order valence-corrected chi connectivity index (χ1v) is 4.60. The molecule has 0 bridgehead atoms. The van der Waals surface area contributed by atoms with Crippen molar-refractivity contribution in [2.75, 3.05) is 33.2 Å². The Hall–Kier alpha value is -1.30. The van der Waals surface area contributed by atoms with Crippen molar-refractivity contribution in [3.05, 3.63) is 0 Å². The molecule has 6 nitrogen and oxygen atoms in total. The number of likely N-dealkylation sites (tertiary alicyclic amines) is 1. The molecule has 0 spiro atoms. The van der Waals surface area contributed by atoms with Crippen LogP contribution in [-0.2, 0) is 4.79 Å². The van der Waals surface area contributed by atoms with E-state index in [0.717, 1.165) is 0 Å². The lowest BCUT2D eigenvalue weighted by Crippen LogP contribution is -2.56. The molecule has 6 heteroatoms. The van der Waals surface area contributed by atoms with Crippen molar-refractivity contribution in [2.24, 2.45) is 11.7 Å². The number of urea groups is 1. The lowest BCUT2D eigenvalue weighted by Gasteiger charge is -2.38. The Kier molecular flexibility index (Phi) is 3.70. The van der Waals surface area contributed by atoms with Gasteiger partial charge in [0.1, 0.15) is 0 Å². The maximum absolute atomic E-state index is 11.0. The van der Waals surface area contributed by atoms with E-state index >= 15 is 0 Å². The van der Waals surface area contributed by atoms with Crippen molar-refractivity contribution in [1.82, 2.24) is 15.5 Å². The van der Waals surface area contributed by atoms with Gasteiger partial charge in [-0.3, -0.25) is 4.79 Å². The SMILES string of the molecule is CNC(=O)N1CC(CNC(=O)CN)C1. The molecule has 4 N–H and O–H groups in total. The number of nitrogens with one attached hydrogen (secondary N) is 2. The standard InChI is InChI=1S/C8H16N4O2/c1-10-8(14)12-4-6(5-12)3-11-7(13)2-9/h6H,2-5,9H2,1H3,(H,10,14)(H,11,13). The second kappa shape index (κ2) is 4.80. The molecule has 3 amide bonds. The molecule has 0 unspecified atom stereocenters. The minimum atomic E-state index is -0.150. The molecule has 0 aromatic heterocycles. The van der Waals surface area contributed by atoms with Gasteiger partial charge in [0.2, 0.25) is 5.91 Å². The van der Waals surface area contributed by atoms with Crippen molar-refractivity contribution in [1.29, 1.82) is 0 Å². The largest absolute Gasteiger partial charge is 0.355 e. The molecule has 1 aliphatic heterocycles. The van der Waals surface area contributed by atoms with E-state index < -0.39 is 0 Å². The van der Waals surface area contributed by atoms with Crippen LogP contribution in [0.2, 0.25) is 0 Å². The molecule has 0 radical (unpaired) electrons. The van der Waals surface area contributed by atoms with Gasteiger partial charge in [0.15, 0.2) is 0 Å². The molecule has 0 aromatic rings. The van der Waals surface area contributed by atoms with Gasteiger partial charge in [-0.15, -0.1) is 0 Å². The van der Waals surface area contributed by atoms with Crippen molar-refractivity contribution < 1.29 is 9.59 Å². The zero-order valence-electron chi connectivity index (χ0n) is 8.25. The number of hydrogen-bond donors (Lipinski definition) is 3. The summed E-state index contributed by atoms with van der Waals surface area (Å²) in [5, 5.41) is 5.23. The van der Waals surface area contributed by atoms with Crippen molar-refractivity contribution in [3.63, 3.8) is 0 Å².